The first-order chi connectivity index (χ1) is 23.8. The maximum Gasteiger partial charge on any atom is 0.416 e. The lowest BCUT2D eigenvalue weighted by Gasteiger charge is -2.37. The second-order valence-corrected chi connectivity index (χ2v) is 15.5. The number of imidazole rings is 1. The monoisotopic (exact) mass is 714 g/mol. The van der Waals surface area contributed by atoms with Crippen molar-refractivity contribution in [1.29, 1.82) is 0 Å². The maximum absolute atomic E-state index is 14.2. The van der Waals surface area contributed by atoms with Crippen molar-refractivity contribution in [3.63, 3.8) is 0 Å². The van der Waals surface area contributed by atoms with Crippen LogP contribution in [0.25, 0.3) is 22.3 Å². The van der Waals surface area contributed by atoms with Crippen molar-refractivity contribution in [2.24, 2.45) is 0 Å². The van der Waals surface area contributed by atoms with Gasteiger partial charge in [-0.25, -0.2) is 13.4 Å². The molecule has 12 nitrogen and oxygen atoms in total. The zero-order chi connectivity index (χ0) is 35.2. The quantitative estimate of drug-likeness (QED) is 0.226. The van der Waals surface area contributed by atoms with Gasteiger partial charge < -0.3 is 25.2 Å². The van der Waals surface area contributed by atoms with E-state index in [1.165, 1.54) is 16.4 Å². The fourth-order valence-corrected chi connectivity index (χ4v) is 8.32. The van der Waals surface area contributed by atoms with Crippen molar-refractivity contribution in [3.8, 4) is 11.3 Å². The molecule has 5 heterocycles. The first-order valence-corrected chi connectivity index (χ1v) is 18.8. The van der Waals surface area contributed by atoms with Crippen LogP contribution in [0.15, 0.2) is 42.5 Å². The molecule has 3 aliphatic heterocycles. The molecule has 50 heavy (non-hydrogen) atoms. The number of aliphatic hydroxyl groups excluding tert-OH is 1. The number of hydrogen-bond donors (Lipinski definition) is 3. The minimum absolute atomic E-state index is 0.0198. The van der Waals surface area contributed by atoms with Crippen LogP contribution in [0.2, 0.25) is 0 Å². The van der Waals surface area contributed by atoms with Gasteiger partial charge in [-0.15, -0.1) is 0 Å². The molecule has 1 unspecified atom stereocenters. The summed E-state index contributed by atoms with van der Waals surface area (Å²) in [5, 5.41) is 19.0. The number of nitrogens with zero attached hydrogens (tertiary/aromatic N) is 6. The molecule has 2 saturated heterocycles. The number of sulfonamides is 1. The van der Waals surface area contributed by atoms with Crippen molar-refractivity contribution >= 4 is 32.9 Å². The Morgan fingerprint density at radius 2 is 1.84 bits per heavy atom. The molecule has 2 aromatic carbocycles. The number of aromatic nitrogens is 4. The highest BCUT2D eigenvalue weighted by atomic mass is 32.2. The Bertz CT molecular complexity index is 1950. The van der Waals surface area contributed by atoms with Crippen LogP contribution in [-0.4, -0.2) is 104 Å². The number of nitrogens with one attached hydrogen (secondary N) is 2. The Morgan fingerprint density at radius 1 is 1.06 bits per heavy atom. The molecule has 0 radical (unpaired) electrons. The number of hydrogen-bond acceptors (Lipinski definition) is 8. The number of β-amino-alcohol motifs (C(OH)–C–C–N with tert-alkyl or cyclic N) is 1. The van der Waals surface area contributed by atoms with Crippen LogP contribution in [0.1, 0.15) is 48.1 Å². The lowest BCUT2D eigenvalue weighted by atomic mass is 9.97. The zero-order valence-electron chi connectivity index (χ0n) is 27.8. The second-order valence-electron chi connectivity index (χ2n) is 13.5. The van der Waals surface area contributed by atoms with Gasteiger partial charge in [0.2, 0.25) is 21.9 Å². The second kappa shape index (κ2) is 13.6. The fraction of sp³-hybridized carbons (Fsp3) is 0.500. The third kappa shape index (κ3) is 7.24. The summed E-state index contributed by atoms with van der Waals surface area (Å²) in [5.74, 6) is 0.553. The number of amides is 1. The molecule has 3 aliphatic rings. The van der Waals surface area contributed by atoms with Gasteiger partial charge in [-0.2, -0.15) is 22.6 Å². The summed E-state index contributed by atoms with van der Waals surface area (Å²) in [7, 11) is -3.55. The molecule has 4 aromatic rings. The van der Waals surface area contributed by atoms with Gasteiger partial charge in [0.15, 0.2) is 0 Å². The van der Waals surface area contributed by atoms with E-state index in [9.17, 15) is 31.5 Å². The number of halogens is 3. The van der Waals surface area contributed by atoms with Gasteiger partial charge in [0.05, 0.1) is 41.2 Å². The van der Waals surface area contributed by atoms with Crippen molar-refractivity contribution in [2.75, 3.05) is 44.3 Å². The molecule has 0 bridgehead atoms. The van der Waals surface area contributed by atoms with E-state index in [4.69, 9.17) is 5.10 Å². The van der Waals surface area contributed by atoms with Crippen LogP contribution in [-0.2, 0) is 47.0 Å². The van der Waals surface area contributed by atoms with Crippen LogP contribution in [0, 0.1) is 0 Å². The third-order valence-corrected chi connectivity index (χ3v) is 11.3. The van der Waals surface area contributed by atoms with E-state index in [1.54, 1.807) is 10.7 Å². The molecule has 268 valence electrons. The van der Waals surface area contributed by atoms with Crippen LogP contribution in [0.4, 0.5) is 19.1 Å². The third-order valence-electron chi connectivity index (χ3n) is 10.0. The summed E-state index contributed by atoms with van der Waals surface area (Å²) < 4.78 is 70.7. The number of aromatic amines is 1. The molecule has 1 amide bonds. The van der Waals surface area contributed by atoms with Crippen LogP contribution < -0.4 is 5.32 Å². The molecular weight excluding hydrogens is 673 g/mol. The summed E-state index contributed by atoms with van der Waals surface area (Å²) in [5.41, 5.74) is 2.77. The van der Waals surface area contributed by atoms with E-state index in [0.29, 0.717) is 47.7 Å². The normalized spacial score (nSPS) is 19.0. The molecule has 7 rings (SSSR count). The summed E-state index contributed by atoms with van der Waals surface area (Å²) in [4.78, 5) is 23.9. The number of rotatable bonds is 10. The van der Waals surface area contributed by atoms with Crippen LogP contribution in [0.5, 0.6) is 0 Å². The lowest BCUT2D eigenvalue weighted by Crippen LogP contribution is -2.47. The van der Waals surface area contributed by atoms with E-state index in [-0.39, 0.29) is 43.7 Å². The Labute approximate surface area is 288 Å². The molecule has 0 spiro atoms. The average Bonchev–Trinajstić information content (AvgIpc) is 3.79. The van der Waals surface area contributed by atoms with E-state index < -0.39 is 27.9 Å². The number of fused-ring (bicyclic) bond motifs is 2. The number of benzene rings is 2. The Hall–Kier alpha value is -3.99. The number of carbonyl (C=O) groups excluding carboxylic acids is 1. The number of piperidine rings is 1. The largest absolute Gasteiger partial charge is 0.416 e. The van der Waals surface area contributed by atoms with E-state index in [1.807, 2.05) is 23.1 Å². The predicted octanol–water partition coefficient (Wildman–Crippen LogP) is 3.82. The highest BCUT2D eigenvalue weighted by Gasteiger charge is 2.35. The number of para-hydroxylation sites is 2. The van der Waals surface area contributed by atoms with Crippen LogP contribution >= 0.6 is 0 Å². The minimum atomic E-state index is -4.61. The van der Waals surface area contributed by atoms with Crippen molar-refractivity contribution in [2.45, 2.75) is 70.1 Å². The average molecular weight is 715 g/mol. The molecule has 2 aromatic heterocycles. The van der Waals surface area contributed by atoms with Crippen LogP contribution in [0.3, 0.4) is 0 Å². The Morgan fingerprint density at radius 3 is 2.54 bits per heavy atom. The predicted molar refractivity (Wildman–Crippen MR) is 181 cm³/mol. The van der Waals surface area contributed by atoms with Crippen molar-refractivity contribution in [1.82, 2.24) is 33.9 Å². The molecule has 2 fully saturated rings. The number of aliphatic hydroxyl groups is 1. The van der Waals surface area contributed by atoms with E-state index in [0.717, 1.165) is 62.4 Å². The number of likely N-dealkylation sites (tertiary alicyclic amines) is 2. The zero-order valence-corrected chi connectivity index (χ0v) is 28.6. The maximum atomic E-state index is 14.2. The van der Waals surface area contributed by atoms with Crippen molar-refractivity contribution in [3.05, 3.63) is 64.8 Å². The summed E-state index contributed by atoms with van der Waals surface area (Å²) >= 11 is 0. The van der Waals surface area contributed by atoms with Gasteiger partial charge in [0.25, 0.3) is 0 Å². The molecule has 16 heteroatoms. The standard InChI is InChI=1S/C34H41F3N8O4S/c1-50(48,49)43-16-12-30-26(21-43)32(41-45(30)20-25(46)19-42-14-10-24(11-15-42)44-13-4-7-31(44)47)22-8-9-27(34(35,36)37)23(17-22)18-38-33-39-28-5-2-3-6-29(28)40-33/h2-3,5-6,8-9,17,24-25,46H,4,7,10-16,18-21H2,1H3,(H2,38,39,40). The SMILES string of the molecule is CS(=O)(=O)N1CCc2c(c(-c3ccc(C(F)(F)F)c(CNc4nc5ccccc5[nH]4)c3)nn2CC(O)CN2CCC(N3CCCC3=O)CC2)C1. The number of alkyl halides is 3. The highest BCUT2D eigenvalue weighted by Crippen LogP contribution is 2.37. The van der Waals surface area contributed by atoms with Gasteiger partial charge in [0, 0.05) is 81.5 Å². The molecule has 1 atom stereocenters. The molecular formula is C34H41F3N8O4S. The van der Waals surface area contributed by atoms with E-state index >= 15 is 0 Å². The minimum Gasteiger partial charge on any atom is -0.390 e. The number of anilines is 1. The Kier molecular flexibility index (Phi) is 9.39. The first-order valence-electron chi connectivity index (χ1n) is 17.0. The number of H-pyrrole nitrogens is 1. The summed E-state index contributed by atoms with van der Waals surface area (Å²) in [6, 6.07) is 11.4. The summed E-state index contributed by atoms with van der Waals surface area (Å²) in [6.07, 6.45) is -0.704. The lowest BCUT2D eigenvalue weighted by molar-refractivity contribution is -0.138. The molecule has 0 saturated carbocycles. The smallest absolute Gasteiger partial charge is 0.390 e. The molecule has 0 aliphatic carbocycles. The highest BCUT2D eigenvalue weighted by molar-refractivity contribution is 7.88. The topological polar surface area (TPSA) is 140 Å². The van der Waals surface area contributed by atoms with Gasteiger partial charge in [-0.05, 0) is 49.1 Å². The van der Waals surface area contributed by atoms with Gasteiger partial charge in [-0.1, -0.05) is 18.2 Å². The fourth-order valence-electron chi connectivity index (χ4n) is 7.54. The first kappa shape index (κ1) is 34.5. The van der Waals surface area contributed by atoms with Gasteiger partial charge in [0.1, 0.15) is 0 Å². The van der Waals surface area contributed by atoms with E-state index in [2.05, 4.69) is 20.2 Å². The van der Waals surface area contributed by atoms with Gasteiger partial charge >= 0.3 is 6.18 Å². The van der Waals surface area contributed by atoms with Gasteiger partial charge in [-0.3, -0.25) is 9.48 Å². The summed E-state index contributed by atoms with van der Waals surface area (Å²) in [6.45, 7) is 2.95. The van der Waals surface area contributed by atoms with Crippen molar-refractivity contribution < 1.29 is 31.5 Å². The number of carbonyl (C=O) groups is 1. The molecule has 3 N–H and O–H groups in total. The Balaban J connectivity index is 1.13.